The number of amides is 3. The van der Waals surface area contributed by atoms with E-state index >= 15 is 0 Å². The summed E-state index contributed by atoms with van der Waals surface area (Å²) in [6.07, 6.45) is 0. The number of nitrogens with one attached hydrogen (secondary N) is 2. The summed E-state index contributed by atoms with van der Waals surface area (Å²) >= 11 is 0. The molecule has 0 saturated carbocycles. The molecule has 0 atom stereocenters. The number of urea groups is 1. The van der Waals surface area contributed by atoms with E-state index in [-0.39, 0.29) is 11.4 Å². The highest BCUT2D eigenvalue weighted by Crippen LogP contribution is 2.33. The Morgan fingerprint density at radius 2 is 1.87 bits per heavy atom. The predicted octanol–water partition coefficient (Wildman–Crippen LogP) is 1.50. The third kappa shape index (κ3) is 3.67. The van der Waals surface area contributed by atoms with E-state index in [4.69, 9.17) is 16.2 Å². The first-order valence-electron chi connectivity index (χ1n) is 6.66. The number of ether oxygens (including phenoxy) is 1. The van der Waals surface area contributed by atoms with Gasteiger partial charge in [0, 0.05) is 12.5 Å². The second-order valence-electron chi connectivity index (χ2n) is 4.92. The predicted molar refractivity (Wildman–Crippen MR) is 84.0 cm³/mol. The zero-order valence-corrected chi connectivity index (χ0v) is 12.6. The number of aromatic nitrogens is 1. The molecule has 0 bridgehead atoms. The van der Waals surface area contributed by atoms with E-state index in [0.717, 1.165) is 5.56 Å². The molecule has 6 N–H and O–H groups in total. The molecule has 2 aromatic rings. The lowest BCUT2D eigenvalue weighted by Gasteiger charge is -2.08. The van der Waals surface area contributed by atoms with Crippen LogP contribution >= 0.6 is 0 Å². The van der Waals surface area contributed by atoms with Crippen molar-refractivity contribution in [2.45, 2.75) is 13.8 Å². The van der Waals surface area contributed by atoms with Gasteiger partial charge in [-0.25, -0.2) is 4.79 Å². The summed E-state index contributed by atoms with van der Waals surface area (Å²) in [5, 5.41) is 2.29. The zero-order chi connectivity index (χ0) is 17.1. The van der Waals surface area contributed by atoms with Crippen molar-refractivity contribution in [3.63, 3.8) is 0 Å². The number of carbonyl (C=O) groups excluding carboxylic acids is 3. The molecule has 120 valence electrons. The molecular weight excluding hydrogens is 300 g/mol. The van der Waals surface area contributed by atoms with Gasteiger partial charge >= 0.3 is 12.0 Å². The molecule has 0 spiro atoms. The Morgan fingerprint density at radius 1 is 1.17 bits per heavy atom. The molecule has 3 amide bonds. The molecule has 0 unspecified atom stereocenters. The van der Waals surface area contributed by atoms with Crippen LogP contribution < -0.4 is 21.5 Å². The molecule has 0 aliphatic heterocycles. The molecule has 1 aromatic heterocycles. The summed E-state index contributed by atoms with van der Waals surface area (Å²) in [6, 6.07) is 5.80. The zero-order valence-electron chi connectivity index (χ0n) is 12.6. The van der Waals surface area contributed by atoms with E-state index < -0.39 is 17.9 Å². The minimum Gasteiger partial charge on any atom is -0.426 e. The van der Waals surface area contributed by atoms with E-state index in [2.05, 4.69) is 10.3 Å². The van der Waals surface area contributed by atoms with Crippen molar-refractivity contribution in [3.8, 4) is 17.0 Å². The molecular formula is C15H16N4O4. The summed E-state index contributed by atoms with van der Waals surface area (Å²) in [4.78, 5) is 36.6. The van der Waals surface area contributed by atoms with Crippen LogP contribution in [0.25, 0.3) is 11.3 Å². The van der Waals surface area contributed by atoms with Gasteiger partial charge in [-0.15, -0.1) is 0 Å². The van der Waals surface area contributed by atoms with Crippen LogP contribution in [-0.2, 0) is 4.79 Å². The van der Waals surface area contributed by atoms with Crippen molar-refractivity contribution in [2.24, 2.45) is 11.5 Å². The first-order chi connectivity index (χ1) is 10.8. The average Bonchev–Trinajstić information content (AvgIpc) is 2.83. The Labute approximate surface area is 131 Å². The highest BCUT2D eigenvalue weighted by molar-refractivity contribution is 6.03. The number of esters is 1. The summed E-state index contributed by atoms with van der Waals surface area (Å²) in [7, 11) is 0. The summed E-state index contributed by atoms with van der Waals surface area (Å²) in [6.45, 7) is 3.15. The highest BCUT2D eigenvalue weighted by atomic mass is 16.5. The van der Waals surface area contributed by atoms with Crippen LogP contribution in [0.5, 0.6) is 5.75 Å². The maximum Gasteiger partial charge on any atom is 0.317 e. The first-order valence-corrected chi connectivity index (χ1v) is 6.66. The number of anilines is 1. The van der Waals surface area contributed by atoms with Gasteiger partial charge in [0.15, 0.2) is 0 Å². The number of H-pyrrole nitrogens is 1. The van der Waals surface area contributed by atoms with E-state index in [1.165, 1.54) is 13.0 Å². The summed E-state index contributed by atoms with van der Waals surface area (Å²) < 4.78 is 5.16. The Bertz CT molecular complexity index is 795. The summed E-state index contributed by atoms with van der Waals surface area (Å²) in [5.41, 5.74) is 12.3. The smallest absolute Gasteiger partial charge is 0.317 e. The van der Waals surface area contributed by atoms with E-state index in [9.17, 15) is 14.4 Å². The van der Waals surface area contributed by atoms with Crippen molar-refractivity contribution < 1.29 is 19.1 Å². The van der Waals surface area contributed by atoms with Crippen molar-refractivity contribution in [2.75, 3.05) is 5.32 Å². The number of aromatic amines is 1. The van der Waals surface area contributed by atoms with Gasteiger partial charge in [-0.2, -0.15) is 0 Å². The largest absolute Gasteiger partial charge is 0.426 e. The monoisotopic (exact) mass is 316 g/mol. The lowest BCUT2D eigenvalue weighted by atomic mass is 10.1. The fourth-order valence-electron chi connectivity index (χ4n) is 2.11. The Kier molecular flexibility index (Phi) is 4.35. The number of rotatable bonds is 4. The Hall–Kier alpha value is -3.29. The molecule has 1 heterocycles. The third-order valence-electron chi connectivity index (χ3n) is 3.01. The molecule has 0 radical (unpaired) electrons. The standard InChI is InChI=1S/C15H16N4O4/c1-7-3-4-12(23-8(2)20)9(5-7)11-6-10(13(16)21)14(18-11)19-15(17)22/h3-6,18H,1-2H3,(H2,16,21)(H3,17,19,22). The quantitative estimate of drug-likeness (QED) is 0.501. The van der Waals surface area contributed by atoms with E-state index in [0.29, 0.717) is 17.0 Å². The molecule has 0 aliphatic rings. The maximum atomic E-state index is 11.5. The van der Waals surface area contributed by atoms with E-state index in [1.54, 1.807) is 18.2 Å². The molecule has 2 rings (SSSR count). The number of aryl methyl sites for hydroxylation is 1. The van der Waals surface area contributed by atoms with Gasteiger partial charge in [0.2, 0.25) is 0 Å². The number of carbonyl (C=O) groups is 3. The van der Waals surface area contributed by atoms with Crippen molar-refractivity contribution in [1.29, 1.82) is 0 Å². The Balaban J connectivity index is 2.57. The van der Waals surface area contributed by atoms with Gasteiger partial charge in [-0.1, -0.05) is 11.6 Å². The summed E-state index contributed by atoms with van der Waals surface area (Å²) in [5.74, 6) is -0.827. The fraction of sp³-hybridized carbons (Fsp3) is 0.133. The van der Waals surface area contributed by atoms with Gasteiger partial charge in [0.05, 0.1) is 11.3 Å². The van der Waals surface area contributed by atoms with Crippen molar-refractivity contribution >= 4 is 23.7 Å². The van der Waals surface area contributed by atoms with Gasteiger partial charge in [0.1, 0.15) is 11.6 Å². The Morgan fingerprint density at radius 3 is 2.43 bits per heavy atom. The minimum absolute atomic E-state index is 0.0640. The van der Waals surface area contributed by atoms with Gasteiger partial charge in [-0.3, -0.25) is 14.9 Å². The van der Waals surface area contributed by atoms with Gasteiger partial charge in [0.25, 0.3) is 5.91 Å². The number of hydrogen-bond donors (Lipinski definition) is 4. The molecule has 0 fully saturated rings. The topological polar surface area (TPSA) is 140 Å². The van der Waals surface area contributed by atoms with Gasteiger partial charge < -0.3 is 21.2 Å². The molecule has 8 heteroatoms. The lowest BCUT2D eigenvalue weighted by molar-refractivity contribution is -0.131. The first kappa shape index (κ1) is 16.1. The lowest BCUT2D eigenvalue weighted by Crippen LogP contribution is -2.22. The second kappa shape index (κ2) is 6.22. The number of primary amides is 2. The number of nitrogens with two attached hydrogens (primary N) is 2. The maximum absolute atomic E-state index is 11.5. The normalized spacial score (nSPS) is 10.2. The third-order valence-corrected chi connectivity index (χ3v) is 3.01. The molecule has 23 heavy (non-hydrogen) atoms. The van der Waals surface area contributed by atoms with Crippen molar-refractivity contribution in [1.82, 2.24) is 4.98 Å². The van der Waals surface area contributed by atoms with Crippen LogP contribution in [0, 0.1) is 6.92 Å². The molecule has 0 saturated heterocycles. The number of benzene rings is 1. The molecule has 8 nitrogen and oxygen atoms in total. The van der Waals surface area contributed by atoms with Crippen LogP contribution in [0.2, 0.25) is 0 Å². The van der Waals surface area contributed by atoms with Crippen LogP contribution in [0.15, 0.2) is 24.3 Å². The number of hydrogen-bond acceptors (Lipinski definition) is 4. The van der Waals surface area contributed by atoms with Crippen LogP contribution in [-0.4, -0.2) is 22.9 Å². The SMILES string of the molecule is CC(=O)Oc1ccc(C)cc1-c1cc(C(N)=O)c(NC(N)=O)[nH]1. The fourth-order valence-corrected chi connectivity index (χ4v) is 2.11. The molecule has 1 aromatic carbocycles. The minimum atomic E-state index is -0.842. The van der Waals surface area contributed by atoms with Crippen LogP contribution in [0.1, 0.15) is 22.8 Å². The molecule has 0 aliphatic carbocycles. The van der Waals surface area contributed by atoms with E-state index in [1.807, 2.05) is 6.92 Å². The van der Waals surface area contributed by atoms with Crippen LogP contribution in [0.4, 0.5) is 10.6 Å². The van der Waals surface area contributed by atoms with Gasteiger partial charge in [-0.05, 0) is 25.1 Å². The average molecular weight is 316 g/mol. The van der Waals surface area contributed by atoms with Crippen molar-refractivity contribution in [3.05, 3.63) is 35.4 Å². The second-order valence-corrected chi connectivity index (χ2v) is 4.92. The highest BCUT2D eigenvalue weighted by Gasteiger charge is 2.18. The van der Waals surface area contributed by atoms with Crippen LogP contribution in [0.3, 0.4) is 0 Å².